The van der Waals surface area contributed by atoms with Gasteiger partial charge in [-0.15, -0.1) is 0 Å². The lowest BCUT2D eigenvalue weighted by Crippen LogP contribution is -2.55. The molecule has 0 aliphatic carbocycles. The first kappa shape index (κ1) is 13.1. The zero-order valence-corrected chi connectivity index (χ0v) is 11.6. The third-order valence-electron chi connectivity index (χ3n) is 4.85. The summed E-state index contributed by atoms with van der Waals surface area (Å²) in [7, 11) is 0. The lowest BCUT2D eigenvalue weighted by molar-refractivity contribution is -0.000592. The second-order valence-electron chi connectivity index (χ2n) is 6.15. The summed E-state index contributed by atoms with van der Waals surface area (Å²) >= 11 is 0. The van der Waals surface area contributed by atoms with Crippen molar-refractivity contribution in [1.82, 2.24) is 4.90 Å². The summed E-state index contributed by atoms with van der Waals surface area (Å²) in [6.07, 6.45) is 5.98. The SMILES string of the molecule is CC(c1cccc(F)c1)N1C2CCCC1CC(N)C2. The summed E-state index contributed by atoms with van der Waals surface area (Å²) in [6, 6.07) is 8.86. The Bertz CT molecular complexity index is 434. The molecule has 2 N–H and O–H groups in total. The van der Waals surface area contributed by atoms with Gasteiger partial charge in [-0.1, -0.05) is 18.6 Å². The first-order valence-corrected chi connectivity index (χ1v) is 7.43. The lowest BCUT2D eigenvalue weighted by Gasteiger charge is -2.51. The van der Waals surface area contributed by atoms with E-state index >= 15 is 0 Å². The molecule has 104 valence electrons. The van der Waals surface area contributed by atoms with Crippen LogP contribution in [0.4, 0.5) is 4.39 Å². The standard InChI is InChI=1S/C16H23FN2/c1-11(12-4-2-5-13(17)8-12)19-15-6-3-7-16(19)10-14(18)9-15/h2,4-5,8,11,14-16H,3,6-7,9-10,18H2,1H3. The van der Waals surface area contributed by atoms with Crippen LogP contribution in [-0.2, 0) is 0 Å². The first-order valence-electron chi connectivity index (χ1n) is 7.43. The van der Waals surface area contributed by atoms with Crippen molar-refractivity contribution in [3.8, 4) is 0 Å². The van der Waals surface area contributed by atoms with Crippen LogP contribution in [-0.4, -0.2) is 23.0 Å². The first-order chi connectivity index (χ1) is 9.15. The maximum atomic E-state index is 13.4. The van der Waals surface area contributed by atoms with Crippen molar-refractivity contribution in [3.05, 3.63) is 35.6 Å². The molecule has 2 bridgehead atoms. The molecule has 2 fully saturated rings. The van der Waals surface area contributed by atoms with Gasteiger partial charge in [0.1, 0.15) is 5.82 Å². The van der Waals surface area contributed by atoms with Crippen LogP contribution in [0, 0.1) is 5.82 Å². The summed E-state index contributed by atoms with van der Waals surface area (Å²) in [5.41, 5.74) is 7.25. The molecule has 0 amide bonds. The monoisotopic (exact) mass is 262 g/mol. The minimum Gasteiger partial charge on any atom is -0.328 e. The summed E-state index contributed by atoms with van der Waals surface area (Å²) in [6.45, 7) is 2.21. The van der Waals surface area contributed by atoms with E-state index in [1.807, 2.05) is 12.1 Å². The fraction of sp³-hybridized carbons (Fsp3) is 0.625. The predicted octanol–water partition coefficient (Wildman–Crippen LogP) is 3.23. The molecule has 2 aliphatic rings. The van der Waals surface area contributed by atoms with Gasteiger partial charge in [0, 0.05) is 24.2 Å². The maximum absolute atomic E-state index is 13.4. The fourth-order valence-corrected chi connectivity index (χ4v) is 4.03. The Morgan fingerprint density at radius 1 is 1.26 bits per heavy atom. The highest BCUT2D eigenvalue weighted by Gasteiger charge is 2.39. The Hall–Kier alpha value is -0.930. The van der Waals surface area contributed by atoms with Crippen molar-refractivity contribution in [3.63, 3.8) is 0 Å². The van der Waals surface area contributed by atoms with Gasteiger partial charge in [-0.3, -0.25) is 4.90 Å². The molecule has 2 nitrogen and oxygen atoms in total. The van der Waals surface area contributed by atoms with E-state index in [-0.39, 0.29) is 5.82 Å². The number of benzene rings is 1. The maximum Gasteiger partial charge on any atom is 0.123 e. The van der Waals surface area contributed by atoms with Gasteiger partial charge in [0.15, 0.2) is 0 Å². The zero-order valence-electron chi connectivity index (χ0n) is 11.6. The molecule has 2 saturated heterocycles. The Labute approximate surface area is 114 Å². The third-order valence-corrected chi connectivity index (χ3v) is 4.85. The molecule has 3 unspecified atom stereocenters. The predicted molar refractivity (Wildman–Crippen MR) is 75.3 cm³/mol. The second-order valence-corrected chi connectivity index (χ2v) is 6.15. The molecule has 0 radical (unpaired) electrons. The summed E-state index contributed by atoms with van der Waals surface area (Å²) in [5.74, 6) is -0.136. The molecule has 3 heteroatoms. The molecule has 19 heavy (non-hydrogen) atoms. The van der Waals surface area contributed by atoms with E-state index in [4.69, 9.17) is 5.73 Å². The van der Waals surface area contributed by atoms with E-state index in [1.54, 1.807) is 6.07 Å². The van der Waals surface area contributed by atoms with E-state index in [1.165, 1.54) is 25.3 Å². The van der Waals surface area contributed by atoms with Crippen molar-refractivity contribution >= 4 is 0 Å². The van der Waals surface area contributed by atoms with Gasteiger partial charge in [-0.05, 0) is 50.3 Å². The van der Waals surface area contributed by atoms with Crippen molar-refractivity contribution < 1.29 is 4.39 Å². The quantitative estimate of drug-likeness (QED) is 0.886. The average Bonchev–Trinajstić information content (AvgIpc) is 2.37. The van der Waals surface area contributed by atoms with Gasteiger partial charge < -0.3 is 5.73 Å². The molecule has 1 aromatic rings. The van der Waals surface area contributed by atoms with Gasteiger partial charge in [0.05, 0.1) is 0 Å². The number of hydrogen-bond donors (Lipinski definition) is 1. The van der Waals surface area contributed by atoms with Crippen molar-refractivity contribution in [2.24, 2.45) is 5.73 Å². The summed E-state index contributed by atoms with van der Waals surface area (Å²) in [5, 5.41) is 0. The number of nitrogens with zero attached hydrogens (tertiary/aromatic N) is 1. The van der Waals surface area contributed by atoms with E-state index in [9.17, 15) is 4.39 Å². The molecule has 3 rings (SSSR count). The van der Waals surface area contributed by atoms with Gasteiger partial charge in [0.2, 0.25) is 0 Å². The highest BCUT2D eigenvalue weighted by molar-refractivity contribution is 5.20. The van der Waals surface area contributed by atoms with Crippen LogP contribution < -0.4 is 5.73 Å². The van der Waals surface area contributed by atoms with Gasteiger partial charge in [0.25, 0.3) is 0 Å². The number of halogens is 1. The van der Waals surface area contributed by atoms with Crippen LogP contribution in [0.5, 0.6) is 0 Å². The second kappa shape index (κ2) is 5.22. The van der Waals surface area contributed by atoms with E-state index < -0.39 is 0 Å². The molecule has 1 aromatic carbocycles. The average molecular weight is 262 g/mol. The molecule has 0 aromatic heterocycles. The largest absolute Gasteiger partial charge is 0.328 e. The molecule has 3 atom stereocenters. The van der Waals surface area contributed by atoms with Crippen molar-refractivity contribution in [2.75, 3.05) is 0 Å². The van der Waals surface area contributed by atoms with Gasteiger partial charge in [-0.25, -0.2) is 4.39 Å². The molecule has 2 heterocycles. The minimum absolute atomic E-state index is 0.136. The summed E-state index contributed by atoms with van der Waals surface area (Å²) in [4.78, 5) is 2.60. The van der Waals surface area contributed by atoms with Crippen LogP contribution in [0.2, 0.25) is 0 Å². The van der Waals surface area contributed by atoms with Crippen LogP contribution in [0.15, 0.2) is 24.3 Å². The molecule has 0 saturated carbocycles. The Kier molecular flexibility index (Phi) is 3.59. The van der Waals surface area contributed by atoms with Crippen molar-refractivity contribution in [1.29, 1.82) is 0 Å². The normalized spacial score (nSPS) is 33.1. The van der Waals surface area contributed by atoms with Crippen LogP contribution in [0.1, 0.15) is 50.6 Å². The Morgan fingerprint density at radius 2 is 1.95 bits per heavy atom. The molecule has 2 aliphatic heterocycles. The molecular weight excluding hydrogens is 239 g/mol. The van der Waals surface area contributed by atoms with E-state index in [0.717, 1.165) is 18.4 Å². The van der Waals surface area contributed by atoms with E-state index in [0.29, 0.717) is 24.2 Å². The van der Waals surface area contributed by atoms with Crippen LogP contribution in [0.25, 0.3) is 0 Å². The smallest absolute Gasteiger partial charge is 0.123 e. The number of piperidine rings is 2. The van der Waals surface area contributed by atoms with Crippen LogP contribution >= 0.6 is 0 Å². The molecular formula is C16H23FN2. The summed E-state index contributed by atoms with van der Waals surface area (Å²) < 4.78 is 13.4. The Morgan fingerprint density at radius 3 is 2.58 bits per heavy atom. The van der Waals surface area contributed by atoms with Gasteiger partial charge in [-0.2, -0.15) is 0 Å². The third kappa shape index (κ3) is 2.54. The lowest BCUT2D eigenvalue weighted by atomic mass is 9.80. The highest BCUT2D eigenvalue weighted by atomic mass is 19.1. The van der Waals surface area contributed by atoms with Crippen LogP contribution in [0.3, 0.4) is 0 Å². The zero-order chi connectivity index (χ0) is 13.4. The minimum atomic E-state index is -0.136. The number of fused-ring (bicyclic) bond motifs is 2. The number of rotatable bonds is 2. The Balaban J connectivity index is 1.84. The highest BCUT2D eigenvalue weighted by Crippen LogP contribution is 2.39. The van der Waals surface area contributed by atoms with Crippen molar-refractivity contribution in [2.45, 2.75) is 63.2 Å². The molecule has 0 spiro atoms. The van der Waals surface area contributed by atoms with E-state index in [2.05, 4.69) is 11.8 Å². The number of hydrogen-bond acceptors (Lipinski definition) is 2. The fourth-order valence-electron chi connectivity index (χ4n) is 4.03. The topological polar surface area (TPSA) is 29.3 Å². The van der Waals surface area contributed by atoms with Gasteiger partial charge >= 0.3 is 0 Å². The number of nitrogens with two attached hydrogens (primary N) is 1.